The number of amides is 1. The number of nitrogens with two attached hydrogens (primary N) is 1. The highest BCUT2D eigenvalue weighted by Gasteiger charge is 2.28. The van der Waals surface area contributed by atoms with Crippen LogP contribution in [-0.4, -0.2) is 20.7 Å². The number of anilines is 2. The van der Waals surface area contributed by atoms with Crippen LogP contribution in [0.25, 0.3) is 0 Å². The maximum atomic E-state index is 12.3. The monoisotopic (exact) mass is 259 g/mol. The molecule has 0 saturated heterocycles. The summed E-state index contributed by atoms with van der Waals surface area (Å²) in [6.07, 6.45) is 6.60. The van der Waals surface area contributed by atoms with Crippen LogP contribution in [0.15, 0.2) is 18.5 Å². The maximum absolute atomic E-state index is 12.3. The van der Waals surface area contributed by atoms with Crippen molar-refractivity contribution in [2.24, 2.45) is 0 Å². The van der Waals surface area contributed by atoms with Crippen molar-refractivity contribution in [3.05, 3.63) is 29.7 Å². The molecule has 1 fully saturated rings. The van der Waals surface area contributed by atoms with E-state index in [4.69, 9.17) is 5.73 Å². The van der Waals surface area contributed by atoms with Gasteiger partial charge in [-0.25, -0.2) is 0 Å². The Morgan fingerprint density at radius 2 is 2.42 bits per heavy atom. The minimum atomic E-state index is -0.150. The number of H-pyrrole nitrogens is 1. The maximum Gasteiger partial charge on any atom is 0.273 e. The van der Waals surface area contributed by atoms with Crippen molar-refractivity contribution >= 4 is 17.4 Å². The highest BCUT2D eigenvalue weighted by molar-refractivity contribution is 6.03. The summed E-state index contributed by atoms with van der Waals surface area (Å²) in [5.41, 5.74) is 8.01. The summed E-state index contributed by atoms with van der Waals surface area (Å²) < 4.78 is 1.96. The molecule has 0 bridgehead atoms. The molecule has 3 rings (SSSR count). The number of nitrogens with one attached hydrogen (secondary N) is 2. The van der Waals surface area contributed by atoms with Crippen LogP contribution >= 0.6 is 0 Å². The van der Waals surface area contributed by atoms with Crippen LogP contribution in [0.3, 0.4) is 0 Å². The third kappa shape index (κ3) is 2.21. The highest BCUT2D eigenvalue weighted by Crippen LogP contribution is 2.37. The average Bonchev–Trinajstić information content (AvgIpc) is 3.02. The van der Waals surface area contributed by atoms with Crippen molar-refractivity contribution in [3.63, 3.8) is 0 Å². The lowest BCUT2D eigenvalue weighted by Crippen LogP contribution is -2.17. The van der Waals surface area contributed by atoms with Crippen molar-refractivity contribution in [2.75, 3.05) is 11.1 Å². The molecule has 0 aliphatic heterocycles. The summed E-state index contributed by atoms with van der Waals surface area (Å²) in [6.45, 7) is 2.02. The smallest absolute Gasteiger partial charge is 0.273 e. The second kappa shape index (κ2) is 4.46. The van der Waals surface area contributed by atoms with Gasteiger partial charge in [-0.3, -0.25) is 9.89 Å². The van der Waals surface area contributed by atoms with Crippen molar-refractivity contribution in [1.82, 2.24) is 14.8 Å². The van der Waals surface area contributed by atoms with Crippen LogP contribution in [0.4, 0.5) is 11.5 Å². The normalized spacial score (nSPS) is 14.6. The number of nitrogens with zero attached hydrogens (tertiary/aromatic N) is 2. The molecule has 100 valence electrons. The lowest BCUT2D eigenvalue weighted by molar-refractivity contribution is 0.101. The van der Waals surface area contributed by atoms with Gasteiger partial charge in [-0.2, -0.15) is 5.10 Å². The SMILES string of the molecule is CCc1cn[nH]c1NC(=O)c1cc(N)cn1C1CC1. The first kappa shape index (κ1) is 11.8. The number of carbonyl (C=O) groups is 1. The largest absolute Gasteiger partial charge is 0.397 e. The fourth-order valence-corrected chi connectivity index (χ4v) is 2.20. The van der Waals surface area contributed by atoms with Crippen molar-refractivity contribution in [3.8, 4) is 0 Å². The molecule has 0 unspecified atom stereocenters. The third-order valence-corrected chi connectivity index (χ3v) is 3.38. The molecular weight excluding hydrogens is 242 g/mol. The fraction of sp³-hybridized carbons (Fsp3) is 0.385. The summed E-state index contributed by atoms with van der Waals surface area (Å²) >= 11 is 0. The first-order valence-electron chi connectivity index (χ1n) is 6.50. The molecule has 1 aliphatic carbocycles. The molecular formula is C13H17N5O. The van der Waals surface area contributed by atoms with Crippen LogP contribution in [0.5, 0.6) is 0 Å². The molecule has 4 N–H and O–H groups in total. The summed E-state index contributed by atoms with van der Waals surface area (Å²) in [5, 5.41) is 9.61. The number of aromatic nitrogens is 3. The Hall–Kier alpha value is -2.24. The predicted molar refractivity (Wildman–Crippen MR) is 73.0 cm³/mol. The number of aryl methyl sites for hydroxylation is 1. The van der Waals surface area contributed by atoms with Crippen molar-refractivity contribution < 1.29 is 4.79 Å². The van der Waals surface area contributed by atoms with E-state index in [1.54, 1.807) is 12.3 Å². The van der Waals surface area contributed by atoms with E-state index < -0.39 is 0 Å². The lowest BCUT2D eigenvalue weighted by atomic mass is 10.2. The molecule has 6 heteroatoms. The first-order chi connectivity index (χ1) is 9.19. The minimum Gasteiger partial charge on any atom is -0.397 e. The molecule has 2 heterocycles. The van der Waals surface area contributed by atoms with Crippen LogP contribution in [0.1, 0.15) is 41.9 Å². The topological polar surface area (TPSA) is 88.7 Å². The van der Waals surface area contributed by atoms with Crippen molar-refractivity contribution in [1.29, 1.82) is 0 Å². The molecule has 0 aromatic carbocycles. The highest BCUT2D eigenvalue weighted by atomic mass is 16.2. The number of rotatable bonds is 4. The Bertz CT molecular complexity index is 608. The zero-order valence-electron chi connectivity index (χ0n) is 10.8. The van der Waals surface area contributed by atoms with Gasteiger partial charge in [0.05, 0.1) is 11.9 Å². The lowest BCUT2D eigenvalue weighted by Gasteiger charge is -2.08. The minimum absolute atomic E-state index is 0.150. The first-order valence-corrected chi connectivity index (χ1v) is 6.50. The van der Waals surface area contributed by atoms with Gasteiger partial charge < -0.3 is 15.6 Å². The Labute approximate surface area is 111 Å². The van der Waals surface area contributed by atoms with E-state index >= 15 is 0 Å². The van der Waals surface area contributed by atoms with E-state index in [-0.39, 0.29) is 5.91 Å². The molecule has 19 heavy (non-hydrogen) atoms. The van der Waals surface area contributed by atoms with Crippen LogP contribution in [-0.2, 0) is 6.42 Å². The van der Waals surface area contributed by atoms with Crippen molar-refractivity contribution in [2.45, 2.75) is 32.2 Å². The average molecular weight is 259 g/mol. The summed E-state index contributed by atoms with van der Waals surface area (Å²) in [4.78, 5) is 12.3. The van der Waals surface area contributed by atoms with Gasteiger partial charge in [-0.1, -0.05) is 6.92 Å². The second-order valence-corrected chi connectivity index (χ2v) is 4.88. The molecule has 6 nitrogen and oxygen atoms in total. The molecule has 0 spiro atoms. The van der Waals surface area contributed by atoms with Gasteiger partial charge in [-0.15, -0.1) is 0 Å². The Balaban J connectivity index is 1.84. The number of hydrogen-bond acceptors (Lipinski definition) is 3. The summed E-state index contributed by atoms with van der Waals surface area (Å²) in [6, 6.07) is 2.14. The van der Waals surface area contributed by atoms with E-state index in [1.165, 1.54) is 0 Å². The molecule has 0 atom stereocenters. The van der Waals surface area contributed by atoms with Gasteiger partial charge in [-0.05, 0) is 25.3 Å². The molecule has 0 radical (unpaired) electrons. The molecule has 2 aromatic heterocycles. The molecule has 1 saturated carbocycles. The Morgan fingerprint density at radius 1 is 1.63 bits per heavy atom. The van der Waals surface area contributed by atoms with Gasteiger partial charge in [0, 0.05) is 17.8 Å². The van der Waals surface area contributed by atoms with E-state index in [2.05, 4.69) is 15.5 Å². The quantitative estimate of drug-likeness (QED) is 0.784. The third-order valence-electron chi connectivity index (χ3n) is 3.38. The van der Waals surface area contributed by atoms with Crippen LogP contribution in [0.2, 0.25) is 0 Å². The van der Waals surface area contributed by atoms with E-state index in [9.17, 15) is 4.79 Å². The Kier molecular flexibility index (Phi) is 2.77. The zero-order valence-corrected chi connectivity index (χ0v) is 10.8. The van der Waals surface area contributed by atoms with Gasteiger partial charge in [0.2, 0.25) is 0 Å². The molecule has 1 amide bonds. The number of hydrogen-bond donors (Lipinski definition) is 3. The van der Waals surface area contributed by atoms with E-state index in [0.717, 1.165) is 24.8 Å². The number of carbonyl (C=O) groups excluding carboxylic acids is 1. The Morgan fingerprint density at radius 3 is 3.11 bits per heavy atom. The van der Waals surface area contributed by atoms with Gasteiger partial charge in [0.25, 0.3) is 5.91 Å². The molecule has 2 aromatic rings. The second-order valence-electron chi connectivity index (χ2n) is 4.88. The van der Waals surface area contributed by atoms with Gasteiger partial charge in [0.15, 0.2) is 0 Å². The fourth-order valence-electron chi connectivity index (χ4n) is 2.20. The standard InChI is InChI=1S/C13H17N5O/c1-2-8-6-15-17-12(8)16-13(19)11-5-9(14)7-18(11)10-3-4-10/h5-7,10H,2-4,14H2,1H3,(H2,15,16,17,19). The van der Waals surface area contributed by atoms with Crippen LogP contribution < -0.4 is 11.1 Å². The van der Waals surface area contributed by atoms with E-state index in [0.29, 0.717) is 23.2 Å². The van der Waals surface area contributed by atoms with Gasteiger partial charge in [0.1, 0.15) is 11.5 Å². The predicted octanol–water partition coefficient (Wildman–Crippen LogP) is 1.94. The van der Waals surface area contributed by atoms with Gasteiger partial charge >= 0.3 is 0 Å². The molecule has 1 aliphatic rings. The number of nitrogen functional groups attached to an aromatic ring is 1. The summed E-state index contributed by atoms with van der Waals surface area (Å²) in [7, 11) is 0. The van der Waals surface area contributed by atoms with Crippen LogP contribution in [0, 0.1) is 0 Å². The number of aromatic amines is 1. The zero-order chi connectivity index (χ0) is 13.4. The summed E-state index contributed by atoms with van der Waals surface area (Å²) in [5.74, 6) is 0.511. The van der Waals surface area contributed by atoms with E-state index in [1.807, 2.05) is 17.7 Å².